The zero-order chi connectivity index (χ0) is 19.0. The van der Waals surface area contributed by atoms with E-state index in [2.05, 4.69) is 25.3 Å². The van der Waals surface area contributed by atoms with E-state index in [1.54, 1.807) is 12.1 Å². The fourth-order valence-corrected chi connectivity index (χ4v) is 3.67. The number of hydrogen-bond donors (Lipinski definition) is 1. The van der Waals surface area contributed by atoms with Crippen LogP contribution < -0.4 is 10.2 Å². The minimum atomic E-state index is -0.152. The number of nitrogens with one attached hydrogen (secondary N) is 1. The Kier molecular flexibility index (Phi) is 4.70. The summed E-state index contributed by atoms with van der Waals surface area (Å²) in [4.78, 5) is 23.8. The summed E-state index contributed by atoms with van der Waals surface area (Å²) in [6.07, 6.45) is 1.72. The zero-order valence-corrected chi connectivity index (χ0v) is 16.0. The third kappa shape index (κ3) is 3.47. The average molecular weight is 386 g/mol. The molecule has 1 aliphatic rings. The Labute approximate surface area is 161 Å². The highest BCUT2D eigenvalue weighted by atomic mass is 35.5. The van der Waals surface area contributed by atoms with Crippen molar-refractivity contribution in [2.75, 3.05) is 23.3 Å². The third-order valence-corrected chi connectivity index (χ3v) is 5.15. The van der Waals surface area contributed by atoms with Gasteiger partial charge in [0.15, 0.2) is 0 Å². The molecule has 2 aromatic heterocycles. The van der Waals surface area contributed by atoms with Crippen LogP contribution >= 0.6 is 11.6 Å². The minimum absolute atomic E-state index is 0.0307. The van der Waals surface area contributed by atoms with Gasteiger partial charge >= 0.3 is 0 Å². The zero-order valence-electron chi connectivity index (χ0n) is 15.2. The number of para-hydroxylation sites is 1. The van der Waals surface area contributed by atoms with Gasteiger partial charge in [-0.2, -0.15) is 4.98 Å². The van der Waals surface area contributed by atoms with Crippen molar-refractivity contribution >= 4 is 40.1 Å². The summed E-state index contributed by atoms with van der Waals surface area (Å²) in [5, 5.41) is 8.31. The molecule has 0 saturated carbocycles. The van der Waals surface area contributed by atoms with E-state index in [1.165, 1.54) is 0 Å². The maximum Gasteiger partial charge on any atom is 0.263 e. The number of hydrogen-bond acceptors (Lipinski definition) is 6. The first kappa shape index (κ1) is 17.7. The van der Waals surface area contributed by atoms with Gasteiger partial charge in [-0.15, -0.1) is 0 Å². The van der Waals surface area contributed by atoms with E-state index in [9.17, 15) is 4.79 Å². The van der Waals surface area contributed by atoms with Crippen LogP contribution in [0.1, 0.15) is 24.4 Å². The second-order valence-electron chi connectivity index (χ2n) is 6.80. The molecule has 0 unspecified atom stereocenters. The van der Waals surface area contributed by atoms with Crippen molar-refractivity contribution < 1.29 is 9.32 Å². The van der Waals surface area contributed by atoms with Crippen LogP contribution in [0, 0.1) is 19.8 Å². The van der Waals surface area contributed by atoms with E-state index >= 15 is 0 Å². The Morgan fingerprint density at radius 3 is 2.93 bits per heavy atom. The van der Waals surface area contributed by atoms with Crippen molar-refractivity contribution in [2.45, 2.75) is 26.7 Å². The number of benzene rings is 1. The highest BCUT2D eigenvalue weighted by molar-refractivity contribution is 6.33. The molecular formula is C19H20ClN5O2. The fraction of sp³-hybridized carbons (Fsp3) is 0.368. The molecule has 0 spiro atoms. The number of halogens is 1. The van der Waals surface area contributed by atoms with Crippen molar-refractivity contribution in [3.05, 3.63) is 40.8 Å². The molecule has 1 N–H and O–H groups in total. The Hall–Kier alpha value is -2.67. The number of rotatable bonds is 3. The number of aryl methyl sites for hydroxylation is 2. The molecule has 3 heterocycles. The quantitative estimate of drug-likeness (QED) is 0.739. The summed E-state index contributed by atoms with van der Waals surface area (Å²) < 4.78 is 5.31. The lowest BCUT2D eigenvalue weighted by Crippen LogP contribution is -2.41. The van der Waals surface area contributed by atoms with E-state index in [0.29, 0.717) is 28.8 Å². The van der Waals surface area contributed by atoms with Gasteiger partial charge in [0.1, 0.15) is 17.0 Å². The van der Waals surface area contributed by atoms with Gasteiger partial charge in [-0.3, -0.25) is 4.79 Å². The second kappa shape index (κ2) is 7.15. The first-order valence-electron chi connectivity index (χ1n) is 8.94. The number of amides is 1. The van der Waals surface area contributed by atoms with Gasteiger partial charge < -0.3 is 14.7 Å². The number of aromatic nitrogens is 3. The Balaban J connectivity index is 1.58. The predicted molar refractivity (Wildman–Crippen MR) is 104 cm³/mol. The largest absolute Gasteiger partial charge is 0.355 e. The lowest BCUT2D eigenvalue weighted by Gasteiger charge is -2.33. The molecule has 7 nitrogen and oxygen atoms in total. The van der Waals surface area contributed by atoms with Crippen molar-refractivity contribution in [3.63, 3.8) is 0 Å². The number of fused-ring (bicyclic) bond motifs is 1. The summed E-state index contributed by atoms with van der Waals surface area (Å²) in [5.41, 5.74) is 1.87. The summed E-state index contributed by atoms with van der Waals surface area (Å²) >= 11 is 6.16. The molecular weight excluding hydrogens is 366 g/mol. The van der Waals surface area contributed by atoms with Gasteiger partial charge in [0, 0.05) is 13.1 Å². The number of carbonyl (C=O) groups is 1. The van der Waals surface area contributed by atoms with Crippen LogP contribution in [0.5, 0.6) is 0 Å². The van der Waals surface area contributed by atoms with Crippen LogP contribution in [-0.2, 0) is 4.79 Å². The monoisotopic (exact) mass is 385 g/mol. The number of anilines is 2. The maximum atomic E-state index is 12.8. The molecule has 3 aromatic rings. The summed E-state index contributed by atoms with van der Waals surface area (Å²) in [7, 11) is 0. The Bertz CT molecular complexity index is 1000. The van der Waals surface area contributed by atoms with Crippen molar-refractivity contribution in [2.24, 2.45) is 5.92 Å². The molecule has 1 amide bonds. The van der Waals surface area contributed by atoms with Crippen LogP contribution in [0.15, 0.2) is 28.8 Å². The first-order chi connectivity index (χ1) is 13.0. The lowest BCUT2D eigenvalue weighted by atomic mass is 9.96. The molecule has 0 aliphatic carbocycles. The van der Waals surface area contributed by atoms with Gasteiger partial charge in [-0.1, -0.05) is 28.9 Å². The highest BCUT2D eigenvalue weighted by Crippen LogP contribution is 2.31. The SMILES string of the molecule is Cc1nc(N2CCC[C@@H](C(=O)Nc3ccccc3Cl)C2)c2c(C)noc2n1. The second-order valence-corrected chi connectivity index (χ2v) is 7.20. The molecule has 1 fully saturated rings. The Morgan fingerprint density at radius 2 is 2.11 bits per heavy atom. The topological polar surface area (TPSA) is 84.2 Å². The standard InChI is InChI=1S/C19H20ClN5O2/c1-11-16-17(21-12(2)22-19(16)27-24-11)25-9-5-6-13(10-25)18(26)23-15-8-4-3-7-14(15)20/h3-4,7-8,13H,5-6,9-10H2,1-2H3,(H,23,26)/t13-/m1/s1. The molecule has 27 heavy (non-hydrogen) atoms. The molecule has 0 radical (unpaired) electrons. The molecule has 8 heteroatoms. The van der Waals surface area contributed by atoms with Gasteiger partial charge in [0.25, 0.3) is 5.71 Å². The molecule has 4 rings (SSSR count). The number of carbonyl (C=O) groups excluding carboxylic acids is 1. The van der Waals surface area contributed by atoms with Crippen molar-refractivity contribution in [1.82, 2.24) is 15.1 Å². The fourth-order valence-electron chi connectivity index (χ4n) is 3.48. The van der Waals surface area contributed by atoms with E-state index < -0.39 is 0 Å². The number of piperidine rings is 1. The van der Waals surface area contributed by atoms with E-state index in [0.717, 1.165) is 36.3 Å². The van der Waals surface area contributed by atoms with Crippen molar-refractivity contribution in [3.8, 4) is 0 Å². The molecule has 0 bridgehead atoms. The molecule has 1 aliphatic heterocycles. The molecule has 1 aromatic carbocycles. The third-order valence-electron chi connectivity index (χ3n) is 4.82. The normalized spacial score (nSPS) is 17.3. The summed E-state index contributed by atoms with van der Waals surface area (Å²) in [5.74, 6) is 1.22. The van der Waals surface area contributed by atoms with Crippen LogP contribution in [0.4, 0.5) is 11.5 Å². The highest BCUT2D eigenvalue weighted by Gasteiger charge is 2.29. The molecule has 1 saturated heterocycles. The van der Waals surface area contributed by atoms with Crippen LogP contribution in [-0.4, -0.2) is 34.1 Å². The maximum absolute atomic E-state index is 12.8. The lowest BCUT2D eigenvalue weighted by molar-refractivity contribution is -0.120. The van der Waals surface area contributed by atoms with Crippen LogP contribution in [0.3, 0.4) is 0 Å². The molecule has 1 atom stereocenters. The van der Waals surface area contributed by atoms with Gasteiger partial charge in [-0.25, -0.2) is 4.98 Å². The summed E-state index contributed by atoms with van der Waals surface area (Å²) in [6.45, 7) is 5.10. The minimum Gasteiger partial charge on any atom is -0.355 e. The summed E-state index contributed by atoms with van der Waals surface area (Å²) in [6, 6.07) is 7.26. The molecule has 140 valence electrons. The van der Waals surface area contributed by atoms with E-state index in [1.807, 2.05) is 26.0 Å². The van der Waals surface area contributed by atoms with Crippen molar-refractivity contribution in [1.29, 1.82) is 0 Å². The first-order valence-corrected chi connectivity index (χ1v) is 9.31. The number of nitrogens with zero attached hydrogens (tertiary/aromatic N) is 4. The van der Waals surface area contributed by atoms with E-state index in [-0.39, 0.29) is 11.8 Å². The average Bonchev–Trinajstić information content (AvgIpc) is 3.03. The van der Waals surface area contributed by atoms with Gasteiger partial charge in [0.05, 0.1) is 22.3 Å². The van der Waals surface area contributed by atoms with Crippen LogP contribution in [0.2, 0.25) is 5.02 Å². The predicted octanol–water partition coefficient (Wildman–Crippen LogP) is 3.74. The smallest absolute Gasteiger partial charge is 0.263 e. The van der Waals surface area contributed by atoms with Gasteiger partial charge in [-0.05, 0) is 38.8 Å². The van der Waals surface area contributed by atoms with E-state index in [4.69, 9.17) is 16.1 Å². The Morgan fingerprint density at radius 1 is 1.30 bits per heavy atom. The van der Waals surface area contributed by atoms with Crippen LogP contribution in [0.25, 0.3) is 11.1 Å². The van der Waals surface area contributed by atoms with Gasteiger partial charge in [0.2, 0.25) is 5.91 Å².